The number of nitrogens with zero attached hydrogens (tertiary/aromatic N) is 3. The van der Waals surface area contributed by atoms with Gasteiger partial charge < -0.3 is 9.67 Å². The van der Waals surface area contributed by atoms with Gasteiger partial charge in [0.1, 0.15) is 23.0 Å². The molecular formula is C20H14F3N3O2. The Hall–Kier alpha value is -3.39. The summed E-state index contributed by atoms with van der Waals surface area (Å²) in [5.74, 6) is -1.65. The van der Waals surface area contributed by atoms with E-state index >= 15 is 0 Å². The van der Waals surface area contributed by atoms with Crippen molar-refractivity contribution in [1.29, 1.82) is 0 Å². The summed E-state index contributed by atoms with van der Waals surface area (Å²) in [6, 6.07) is 8.53. The van der Waals surface area contributed by atoms with E-state index in [0.717, 1.165) is 18.2 Å². The summed E-state index contributed by atoms with van der Waals surface area (Å²) >= 11 is 0. The SMILES string of the molecule is O=c1c2c(CO)c(-c3ccc(F)cc3)nn2ccn1Cc1cc(F)ccc1F. The molecule has 142 valence electrons. The standard InChI is InChI=1S/C20H14F3N3O2/c21-14-3-1-12(2-4-14)18-16(11-27)19-20(28)25(7-8-26(19)24-18)10-13-9-15(22)5-6-17(13)23/h1-9,27H,10-11H2. The molecule has 1 N–H and O–H groups in total. The molecule has 4 rings (SSSR count). The number of benzene rings is 2. The molecule has 0 unspecified atom stereocenters. The van der Waals surface area contributed by atoms with Crippen LogP contribution in [0.2, 0.25) is 0 Å². The molecule has 0 aliphatic rings. The van der Waals surface area contributed by atoms with Crippen LogP contribution in [0.5, 0.6) is 0 Å². The minimum atomic E-state index is -0.629. The van der Waals surface area contributed by atoms with Crippen LogP contribution in [0.1, 0.15) is 11.1 Å². The Labute approximate surface area is 156 Å². The van der Waals surface area contributed by atoms with Gasteiger partial charge in [-0.15, -0.1) is 0 Å². The van der Waals surface area contributed by atoms with Gasteiger partial charge >= 0.3 is 0 Å². The van der Waals surface area contributed by atoms with Crippen molar-refractivity contribution < 1.29 is 18.3 Å². The van der Waals surface area contributed by atoms with Crippen molar-refractivity contribution in [2.45, 2.75) is 13.2 Å². The molecule has 5 nitrogen and oxygen atoms in total. The Balaban J connectivity index is 1.86. The van der Waals surface area contributed by atoms with Gasteiger partial charge in [0, 0.05) is 29.1 Å². The van der Waals surface area contributed by atoms with Gasteiger partial charge in [0.05, 0.1) is 18.8 Å². The molecule has 28 heavy (non-hydrogen) atoms. The van der Waals surface area contributed by atoms with E-state index in [1.54, 1.807) is 0 Å². The highest BCUT2D eigenvalue weighted by Gasteiger charge is 2.18. The van der Waals surface area contributed by atoms with Gasteiger partial charge in [0.25, 0.3) is 5.56 Å². The van der Waals surface area contributed by atoms with Crippen LogP contribution >= 0.6 is 0 Å². The average molecular weight is 385 g/mol. The van der Waals surface area contributed by atoms with E-state index in [1.165, 1.54) is 45.7 Å². The lowest BCUT2D eigenvalue weighted by atomic mass is 10.1. The molecule has 4 aromatic rings. The molecule has 0 atom stereocenters. The highest BCUT2D eigenvalue weighted by atomic mass is 19.1. The van der Waals surface area contributed by atoms with E-state index in [1.807, 2.05) is 0 Å². The van der Waals surface area contributed by atoms with Crippen molar-refractivity contribution in [2.75, 3.05) is 0 Å². The highest BCUT2D eigenvalue weighted by molar-refractivity contribution is 5.72. The van der Waals surface area contributed by atoms with Gasteiger partial charge in [-0.2, -0.15) is 5.10 Å². The quantitative estimate of drug-likeness (QED) is 0.587. The first kappa shape index (κ1) is 18.0. The molecule has 2 heterocycles. The Morgan fingerprint density at radius 2 is 1.68 bits per heavy atom. The maximum absolute atomic E-state index is 13.9. The second-order valence-electron chi connectivity index (χ2n) is 6.25. The Morgan fingerprint density at radius 3 is 2.39 bits per heavy atom. The number of aliphatic hydroxyl groups excluding tert-OH is 1. The topological polar surface area (TPSA) is 59.5 Å². The van der Waals surface area contributed by atoms with Crippen molar-refractivity contribution in [3.63, 3.8) is 0 Å². The van der Waals surface area contributed by atoms with Gasteiger partial charge in [-0.05, 0) is 42.5 Å². The zero-order valence-electron chi connectivity index (χ0n) is 14.4. The molecule has 8 heteroatoms. The van der Waals surface area contributed by atoms with Crippen molar-refractivity contribution in [3.05, 3.63) is 93.8 Å². The van der Waals surface area contributed by atoms with Crippen LogP contribution in [-0.4, -0.2) is 19.3 Å². The summed E-state index contributed by atoms with van der Waals surface area (Å²) in [4.78, 5) is 12.9. The second-order valence-corrected chi connectivity index (χ2v) is 6.25. The number of aromatic nitrogens is 3. The van der Waals surface area contributed by atoms with Gasteiger partial charge in [0.15, 0.2) is 0 Å². The van der Waals surface area contributed by atoms with E-state index in [2.05, 4.69) is 5.10 Å². The van der Waals surface area contributed by atoms with E-state index in [4.69, 9.17) is 0 Å². The first-order chi connectivity index (χ1) is 13.5. The number of fused-ring (bicyclic) bond motifs is 1. The zero-order chi connectivity index (χ0) is 19.8. The van der Waals surface area contributed by atoms with Crippen molar-refractivity contribution in [1.82, 2.24) is 14.2 Å². The summed E-state index contributed by atoms with van der Waals surface area (Å²) in [6.45, 7) is -0.648. The van der Waals surface area contributed by atoms with Gasteiger partial charge in [-0.1, -0.05) is 0 Å². The lowest BCUT2D eigenvalue weighted by Crippen LogP contribution is -2.23. The fraction of sp³-hybridized carbons (Fsp3) is 0.100. The van der Waals surface area contributed by atoms with Crippen molar-refractivity contribution in [3.8, 4) is 11.3 Å². The summed E-state index contributed by atoms with van der Waals surface area (Å²) in [7, 11) is 0. The summed E-state index contributed by atoms with van der Waals surface area (Å²) in [5.41, 5.74) is 0.767. The lowest BCUT2D eigenvalue weighted by Gasteiger charge is -2.08. The van der Waals surface area contributed by atoms with Crippen LogP contribution in [0.4, 0.5) is 13.2 Å². The highest BCUT2D eigenvalue weighted by Crippen LogP contribution is 2.25. The summed E-state index contributed by atoms with van der Waals surface area (Å²) in [5, 5.41) is 14.1. The second kappa shape index (κ2) is 6.97. The average Bonchev–Trinajstić information content (AvgIpc) is 3.07. The molecule has 0 fully saturated rings. The minimum absolute atomic E-state index is 0.0234. The lowest BCUT2D eigenvalue weighted by molar-refractivity contribution is 0.283. The third-order valence-corrected chi connectivity index (χ3v) is 4.48. The molecule has 0 spiro atoms. The third kappa shape index (κ3) is 3.07. The Kier molecular flexibility index (Phi) is 4.48. The van der Waals surface area contributed by atoms with Crippen molar-refractivity contribution >= 4 is 5.52 Å². The molecule has 0 amide bonds. The molecule has 0 bridgehead atoms. The van der Waals surface area contributed by atoms with Crippen LogP contribution in [-0.2, 0) is 13.2 Å². The fourth-order valence-corrected chi connectivity index (χ4v) is 3.11. The minimum Gasteiger partial charge on any atom is -0.392 e. The van der Waals surface area contributed by atoms with Crippen LogP contribution in [0.25, 0.3) is 16.8 Å². The van der Waals surface area contributed by atoms with E-state index in [0.29, 0.717) is 11.3 Å². The molecule has 2 aromatic heterocycles. The van der Waals surface area contributed by atoms with Crippen molar-refractivity contribution in [2.24, 2.45) is 0 Å². The third-order valence-electron chi connectivity index (χ3n) is 4.48. The first-order valence-corrected chi connectivity index (χ1v) is 8.39. The fourth-order valence-electron chi connectivity index (χ4n) is 3.11. The normalized spacial score (nSPS) is 11.3. The largest absolute Gasteiger partial charge is 0.392 e. The zero-order valence-corrected chi connectivity index (χ0v) is 14.4. The molecule has 2 aromatic carbocycles. The van der Waals surface area contributed by atoms with Crippen LogP contribution in [0.3, 0.4) is 0 Å². The predicted molar refractivity (Wildman–Crippen MR) is 96.2 cm³/mol. The molecular weight excluding hydrogens is 371 g/mol. The monoisotopic (exact) mass is 385 g/mol. The number of hydrogen-bond acceptors (Lipinski definition) is 3. The van der Waals surface area contributed by atoms with Crippen LogP contribution < -0.4 is 5.56 Å². The molecule has 0 saturated heterocycles. The first-order valence-electron chi connectivity index (χ1n) is 8.39. The predicted octanol–water partition coefficient (Wildman–Crippen LogP) is 3.12. The molecule has 0 aliphatic carbocycles. The number of halogens is 3. The maximum atomic E-state index is 13.9. The Bertz CT molecular complexity index is 1230. The molecule has 0 aliphatic heterocycles. The number of hydrogen-bond donors (Lipinski definition) is 1. The van der Waals surface area contributed by atoms with E-state index < -0.39 is 29.6 Å². The van der Waals surface area contributed by atoms with Crippen LogP contribution in [0.15, 0.2) is 59.7 Å². The van der Waals surface area contributed by atoms with Crippen LogP contribution in [0, 0.1) is 17.5 Å². The van der Waals surface area contributed by atoms with Gasteiger partial charge in [-0.25, -0.2) is 17.7 Å². The Morgan fingerprint density at radius 1 is 0.964 bits per heavy atom. The summed E-state index contributed by atoms with van der Waals surface area (Å²) < 4.78 is 43.1. The van der Waals surface area contributed by atoms with Gasteiger partial charge in [-0.3, -0.25) is 4.79 Å². The number of rotatable bonds is 4. The smallest absolute Gasteiger partial charge is 0.277 e. The van der Waals surface area contributed by atoms with E-state index in [-0.39, 0.29) is 23.2 Å². The van der Waals surface area contributed by atoms with E-state index in [9.17, 15) is 23.1 Å². The molecule has 0 radical (unpaired) electrons. The summed E-state index contributed by atoms with van der Waals surface area (Å²) in [6.07, 6.45) is 2.89. The van der Waals surface area contributed by atoms with Gasteiger partial charge in [0.2, 0.25) is 0 Å². The molecule has 0 saturated carbocycles. The number of aliphatic hydroxyl groups is 1. The maximum Gasteiger partial charge on any atom is 0.277 e.